The Hall–Kier alpha value is -1.48. The van der Waals surface area contributed by atoms with Crippen LogP contribution in [0.4, 0.5) is 4.39 Å². The maximum absolute atomic E-state index is 14.3. The van der Waals surface area contributed by atoms with E-state index in [1.165, 1.54) is 0 Å². The van der Waals surface area contributed by atoms with E-state index in [0.717, 1.165) is 42.5 Å². The van der Waals surface area contributed by atoms with Crippen LogP contribution in [0.1, 0.15) is 18.5 Å². The topological polar surface area (TPSA) is 24.9 Å². The average Bonchev–Trinajstić information content (AvgIpc) is 2.48. The fourth-order valence-electron chi connectivity index (χ4n) is 2.78. The minimum Gasteiger partial charge on any atom is -0.316 e. The number of fused-ring (bicyclic) bond motifs is 1. The molecule has 2 atom stereocenters. The van der Waals surface area contributed by atoms with Gasteiger partial charge in [-0.15, -0.1) is 0 Å². The normalized spacial score (nSPS) is 21.4. The number of rotatable bonds is 3. The lowest BCUT2D eigenvalue weighted by Gasteiger charge is -2.25. The van der Waals surface area contributed by atoms with E-state index < -0.39 is 6.17 Å². The van der Waals surface area contributed by atoms with E-state index in [0.29, 0.717) is 6.42 Å². The number of benzene rings is 1. The second-order valence-electron chi connectivity index (χ2n) is 5.32. The maximum Gasteiger partial charge on any atom is 0.110 e. The standard InChI is InChI=1S/C16H19FN2/c17-15(13-5-3-9-18-11-13)10-14-8-7-12-4-1-2-6-16(12)19-14/h1-2,4,6-8,13,15,18H,3,5,9-11H2. The predicted molar refractivity (Wildman–Crippen MR) is 75.9 cm³/mol. The third-order valence-corrected chi connectivity index (χ3v) is 3.91. The number of halogens is 1. The SMILES string of the molecule is FC(Cc1ccc2ccccc2n1)C1CCCNC1. The summed E-state index contributed by atoms with van der Waals surface area (Å²) in [6, 6.07) is 12.0. The van der Waals surface area contributed by atoms with E-state index in [1.807, 2.05) is 36.4 Å². The van der Waals surface area contributed by atoms with Crippen molar-refractivity contribution in [2.24, 2.45) is 5.92 Å². The molecule has 0 aliphatic carbocycles. The van der Waals surface area contributed by atoms with E-state index in [9.17, 15) is 4.39 Å². The number of nitrogens with zero attached hydrogens (tertiary/aromatic N) is 1. The Bertz CT molecular complexity index is 549. The minimum atomic E-state index is -0.790. The number of para-hydroxylation sites is 1. The zero-order valence-corrected chi connectivity index (χ0v) is 11.0. The largest absolute Gasteiger partial charge is 0.316 e. The number of pyridine rings is 1. The van der Waals surface area contributed by atoms with Crippen LogP contribution < -0.4 is 5.32 Å². The highest BCUT2D eigenvalue weighted by molar-refractivity contribution is 5.78. The molecule has 2 aromatic rings. The third-order valence-electron chi connectivity index (χ3n) is 3.91. The zero-order chi connectivity index (χ0) is 13.1. The van der Waals surface area contributed by atoms with Gasteiger partial charge in [-0.1, -0.05) is 24.3 Å². The first-order valence-corrected chi connectivity index (χ1v) is 7.02. The summed E-state index contributed by atoms with van der Waals surface area (Å²) in [5.74, 6) is 0.141. The Morgan fingerprint density at radius 2 is 2.16 bits per heavy atom. The van der Waals surface area contributed by atoms with Crippen LogP contribution in [-0.2, 0) is 6.42 Å². The Balaban J connectivity index is 1.73. The summed E-state index contributed by atoms with van der Waals surface area (Å²) in [6.07, 6.45) is 1.70. The van der Waals surface area contributed by atoms with Crippen LogP contribution in [0.15, 0.2) is 36.4 Å². The smallest absolute Gasteiger partial charge is 0.110 e. The molecule has 3 heteroatoms. The molecule has 3 rings (SSSR count). The average molecular weight is 258 g/mol. The van der Waals surface area contributed by atoms with Crippen molar-refractivity contribution in [1.82, 2.24) is 10.3 Å². The first-order valence-electron chi connectivity index (χ1n) is 7.02. The van der Waals surface area contributed by atoms with Gasteiger partial charge >= 0.3 is 0 Å². The molecular formula is C16H19FN2. The van der Waals surface area contributed by atoms with Gasteiger partial charge in [0.1, 0.15) is 6.17 Å². The fraction of sp³-hybridized carbons (Fsp3) is 0.438. The van der Waals surface area contributed by atoms with Crippen molar-refractivity contribution in [1.29, 1.82) is 0 Å². The molecule has 0 bridgehead atoms. The molecule has 0 saturated carbocycles. The Morgan fingerprint density at radius 1 is 1.26 bits per heavy atom. The quantitative estimate of drug-likeness (QED) is 0.915. The van der Waals surface area contributed by atoms with Crippen LogP contribution >= 0.6 is 0 Å². The van der Waals surface area contributed by atoms with Gasteiger partial charge < -0.3 is 5.32 Å². The van der Waals surface area contributed by atoms with Crippen LogP contribution in [0.2, 0.25) is 0 Å². The molecule has 2 unspecified atom stereocenters. The Kier molecular flexibility index (Phi) is 3.74. The molecular weight excluding hydrogens is 239 g/mol. The molecule has 1 N–H and O–H groups in total. The van der Waals surface area contributed by atoms with Crippen LogP contribution in [0.25, 0.3) is 10.9 Å². The van der Waals surface area contributed by atoms with Gasteiger partial charge in [0.15, 0.2) is 0 Å². The lowest BCUT2D eigenvalue weighted by molar-refractivity contribution is 0.190. The van der Waals surface area contributed by atoms with Crippen molar-refractivity contribution >= 4 is 10.9 Å². The molecule has 2 nitrogen and oxygen atoms in total. The Labute approximate surface area is 113 Å². The summed E-state index contributed by atoms with van der Waals surface area (Å²) in [5.41, 5.74) is 1.81. The number of hydrogen-bond donors (Lipinski definition) is 1. The summed E-state index contributed by atoms with van der Waals surface area (Å²) < 4.78 is 14.3. The summed E-state index contributed by atoms with van der Waals surface area (Å²) >= 11 is 0. The van der Waals surface area contributed by atoms with E-state index in [-0.39, 0.29) is 5.92 Å². The molecule has 1 aromatic carbocycles. The highest BCUT2D eigenvalue weighted by Crippen LogP contribution is 2.21. The van der Waals surface area contributed by atoms with Crippen LogP contribution in [0.5, 0.6) is 0 Å². The lowest BCUT2D eigenvalue weighted by atomic mass is 9.92. The van der Waals surface area contributed by atoms with E-state index >= 15 is 0 Å². The van der Waals surface area contributed by atoms with Gasteiger partial charge in [0, 0.05) is 30.0 Å². The minimum absolute atomic E-state index is 0.141. The van der Waals surface area contributed by atoms with Crippen LogP contribution in [0.3, 0.4) is 0 Å². The molecule has 19 heavy (non-hydrogen) atoms. The van der Waals surface area contributed by atoms with Crippen molar-refractivity contribution < 1.29 is 4.39 Å². The number of alkyl halides is 1. The van der Waals surface area contributed by atoms with E-state index in [2.05, 4.69) is 10.3 Å². The molecule has 1 aromatic heterocycles. The lowest BCUT2D eigenvalue weighted by Crippen LogP contribution is -2.35. The summed E-state index contributed by atoms with van der Waals surface area (Å²) in [5, 5.41) is 4.38. The summed E-state index contributed by atoms with van der Waals surface area (Å²) in [6.45, 7) is 1.83. The van der Waals surface area contributed by atoms with Crippen LogP contribution in [-0.4, -0.2) is 24.2 Å². The van der Waals surface area contributed by atoms with Gasteiger partial charge in [-0.2, -0.15) is 0 Å². The van der Waals surface area contributed by atoms with Gasteiger partial charge in [0.2, 0.25) is 0 Å². The van der Waals surface area contributed by atoms with Crippen LogP contribution in [0, 0.1) is 5.92 Å². The van der Waals surface area contributed by atoms with Gasteiger partial charge in [-0.05, 0) is 31.5 Å². The zero-order valence-electron chi connectivity index (χ0n) is 11.0. The molecule has 1 fully saturated rings. The molecule has 0 amide bonds. The molecule has 1 saturated heterocycles. The number of hydrogen-bond acceptors (Lipinski definition) is 2. The summed E-state index contributed by atoms with van der Waals surface area (Å²) in [7, 11) is 0. The highest BCUT2D eigenvalue weighted by atomic mass is 19.1. The second kappa shape index (κ2) is 5.66. The molecule has 1 aliphatic rings. The molecule has 0 spiro atoms. The van der Waals surface area contributed by atoms with Crippen molar-refractivity contribution in [3.05, 3.63) is 42.1 Å². The van der Waals surface area contributed by atoms with Crippen molar-refractivity contribution in [3.63, 3.8) is 0 Å². The number of piperidine rings is 1. The molecule has 100 valence electrons. The third kappa shape index (κ3) is 2.92. The van der Waals surface area contributed by atoms with Gasteiger partial charge in [-0.3, -0.25) is 4.98 Å². The van der Waals surface area contributed by atoms with Gasteiger partial charge in [0.05, 0.1) is 5.52 Å². The first kappa shape index (κ1) is 12.5. The molecule has 1 aliphatic heterocycles. The summed E-state index contributed by atoms with van der Waals surface area (Å²) in [4.78, 5) is 4.55. The monoisotopic (exact) mass is 258 g/mol. The van der Waals surface area contributed by atoms with Gasteiger partial charge in [-0.25, -0.2) is 4.39 Å². The Morgan fingerprint density at radius 3 is 3.00 bits per heavy atom. The van der Waals surface area contributed by atoms with Crippen molar-refractivity contribution in [2.75, 3.05) is 13.1 Å². The predicted octanol–water partition coefficient (Wildman–Crippen LogP) is 3.12. The van der Waals surface area contributed by atoms with Crippen molar-refractivity contribution in [3.8, 4) is 0 Å². The van der Waals surface area contributed by atoms with E-state index in [4.69, 9.17) is 0 Å². The number of nitrogens with one attached hydrogen (secondary N) is 1. The van der Waals surface area contributed by atoms with Crippen molar-refractivity contribution in [2.45, 2.75) is 25.4 Å². The first-order chi connectivity index (χ1) is 9.33. The fourth-order valence-corrected chi connectivity index (χ4v) is 2.78. The van der Waals surface area contributed by atoms with Gasteiger partial charge in [0.25, 0.3) is 0 Å². The second-order valence-corrected chi connectivity index (χ2v) is 5.32. The number of aromatic nitrogens is 1. The van der Waals surface area contributed by atoms with E-state index in [1.54, 1.807) is 0 Å². The molecule has 0 radical (unpaired) electrons. The highest BCUT2D eigenvalue weighted by Gasteiger charge is 2.23. The maximum atomic E-state index is 14.3. The molecule has 2 heterocycles.